The standard InChI is InChI=1S/C17H25ClN2O/c1-11-7-12(2)10-20(9-11)14(4)17(21)19-16-8-15(18)6-5-13(16)3/h5-6,8,11-12,14H,7,9-10H2,1-4H3,(H,19,21)/p+1/t11-,12-,14+/m0/s1. The van der Waals surface area contributed by atoms with Gasteiger partial charge in [-0.25, -0.2) is 0 Å². The monoisotopic (exact) mass is 309 g/mol. The summed E-state index contributed by atoms with van der Waals surface area (Å²) in [7, 11) is 0. The summed E-state index contributed by atoms with van der Waals surface area (Å²) in [6, 6.07) is 5.56. The average Bonchev–Trinajstić information content (AvgIpc) is 2.41. The van der Waals surface area contributed by atoms with Gasteiger partial charge in [0.15, 0.2) is 6.04 Å². The van der Waals surface area contributed by atoms with E-state index >= 15 is 0 Å². The second kappa shape index (κ2) is 6.80. The molecule has 2 rings (SSSR count). The van der Waals surface area contributed by atoms with E-state index in [4.69, 9.17) is 11.6 Å². The van der Waals surface area contributed by atoms with Crippen LogP contribution in [-0.2, 0) is 4.79 Å². The Bertz CT molecular complexity index is 508. The Hall–Kier alpha value is -1.06. The number of halogens is 1. The van der Waals surface area contributed by atoms with Crippen molar-refractivity contribution in [1.29, 1.82) is 0 Å². The van der Waals surface area contributed by atoms with Crippen LogP contribution in [-0.4, -0.2) is 25.0 Å². The average molecular weight is 310 g/mol. The van der Waals surface area contributed by atoms with Crippen LogP contribution in [0.5, 0.6) is 0 Å². The zero-order valence-corrected chi connectivity index (χ0v) is 14.1. The van der Waals surface area contributed by atoms with Crippen molar-refractivity contribution in [1.82, 2.24) is 0 Å². The van der Waals surface area contributed by atoms with Gasteiger partial charge in [-0.1, -0.05) is 31.5 Å². The summed E-state index contributed by atoms with van der Waals surface area (Å²) in [5, 5.41) is 3.68. The molecule has 0 unspecified atom stereocenters. The molecule has 3 nitrogen and oxygen atoms in total. The molecule has 4 heteroatoms. The first-order valence-corrected chi connectivity index (χ1v) is 8.16. The van der Waals surface area contributed by atoms with Gasteiger partial charge in [-0.05, 0) is 38.0 Å². The van der Waals surface area contributed by atoms with Crippen molar-refractivity contribution in [2.45, 2.75) is 40.2 Å². The van der Waals surface area contributed by atoms with Crippen LogP contribution in [0, 0.1) is 18.8 Å². The maximum atomic E-state index is 12.5. The Balaban J connectivity index is 2.04. The molecule has 0 aromatic heterocycles. The fourth-order valence-electron chi connectivity index (χ4n) is 3.34. The Labute approximate surface area is 132 Å². The fourth-order valence-corrected chi connectivity index (χ4v) is 3.51. The van der Waals surface area contributed by atoms with Gasteiger partial charge in [0.05, 0.1) is 13.1 Å². The maximum Gasteiger partial charge on any atom is 0.282 e. The van der Waals surface area contributed by atoms with E-state index in [0.29, 0.717) is 16.9 Å². The Morgan fingerprint density at radius 1 is 1.33 bits per heavy atom. The highest BCUT2D eigenvalue weighted by molar-refractivity contribution is 6.31. The number of likely N-dealkylation sites (tertiary alicyclic amines) is 1. The molecule has 0 radical (unpaired) electrons. The van der Waals surface area contributed by atoms with E-state index in [2.05, 4.69) is 19.2 Å². The minimum atomic E-state index is -0.0337. The summed E-state index contributed by atoms with van der Waals surface area (Å²) in [6.45, 7) is 10.7. The topological polar surface area (TPSA) is 33.5 Å². The van der Waals surface area contributed by atoms with E-state index in [1.165, 1.54) is 11.3 Å². The fraction of sp³-hybridized carbons (Fsp3) is 0.588. The molecule has 1 aromatic rings. The number of anilines is 1. The lowest BCUT2D eigenvalue weighted by molar-refractivity contribution is -0.925. The van der Waals surface area contributed by atoms with Crippen molar-refractivity contribution in [3.05, 3.63) is 28.8 Å². The van der Waals surface area contributed by atoms with Crippen LogP contribution < -0.4 is 10.2 Å². The minimum absolute atomic E-state index is 0.0337. The highest BCUT2D eigenvalue weighted by Crippen LogP contribution is 2.20. The first-order chi connectivity index (χ1) is 9.86. The normalized spacial score (nSPS) is 27.2. The van der Waals surface area contributed by atoms with Gasteiger partial charge >= 0.3 is 0 Å². The molecule has 0 spiro atoms. The third-order valence-corrected chi connectivity index (χ3v) is 4.72. The lowest BCUT2D eigenvalue weighted by Gasteiger charge is -2.35. The van der Waals surface area contributed by atoms with E-state index in [9.17, 15) is 4.79 Å². The van der Waals surface area contributed by atoms with Crippen LogP contribution in [0.25, 0.3) is 0 Å². The molecule has 21 heavy (non-hydrogen) atoms. The molecule has 1 amide bonds. The van der Waals surface area contributed by atoms with E-state index in [-0.39, 0.29) is 11.9 Å². The third kappa shape index (κ3) is 4.21. The first-order valence-electron chi connectivity index (χ1n) is 7.78. The number of nitrogens with one attached hydrogen (secondary N) is 2. The highest BCUT2D eigenvalue weighted by Gasteiger charge is 2.32. The van der Waals surface area contributed by atoms with Crippen molar-refractivity contribution in [2.75, 3.05) is 18.4 Å². The summed E-state index contributed by atoms with van der Waals surface area (Å²) in [4.78, 5) is 13.9. The van der Waals surface area contributed by atoms with Crippen LogP contribution in [0.4, 0.5) is 5.69 Å². The number of rotatable bonds is 3. The molecular formula is C17H26ClN2O+. The van der Waals surface area contributed by atoms with Gasteiger partial charge in [0.25, 0.3) is 5.91 Å². The van der Waals surface area contributed by atoms with Gasteiger partial charge < -0.3 is 10.2 Å². The number of quaternary nitrogens is 1. The largest absolute Gasteiger partial charge is 0.324 e. The summed E-state index contributed by atoms with van der Waals surface area (Å²) >= 11 is 6.01. The molecule has 1 aliphatic rings. The van der Waals surface area contributed by atoms with Gasteiger partial charge in [0.2, 0.25) is 0 Å². The Kier molecular flexibility index (Phi) is 5.28. The zero-order valence-electron chi connectivity index (χ0n) is 13.4. The number of aryl methyl sites for hydroxylation is 1. The van der Waals surface area contributed by atoms with Crippen LogP contribution in [0.2, 0.25) is 5.02 Å². The van der Waals surface area contributed by atoms with E-state index in [0.717, 1.165) is 24.3 Å². The highest BCUT2D eigenvalue weighted by atomic mass is 35.5. The minimum Gasteiger partial charge on any atom is -0.324 e. The van der Waals surface area contributed by atoms with Crippen LogP contribution in [0.3, 0.4) is 0 Å². The maximum absolute atomic E-state index is 12.5. The quantitative estimate of drug-likeness (QED) is 0.884. The SMILES string of the molecule is Cc1ccc(Cl)cc1NC(=O)[C@@H](C)[NH+]1C[C@@H](C)C[C@H](C)C1. The first kappa shape index (κ1) is 16.3. The van der Waals surface area contributed by atoms with Crippen molar-refractivity contribution >= 4 is 23.2 Å². The summed E-state index contributed by atoms with van der Waals surface area (Å²) in [6.07, 6.45) is 1.27. The lowest BCUT2D eigenvalue weighted by Crippen LogP contribution is -3.18. The molecule has 1 aromatic carbocycles. The summed E-state index contributed by atoms with van der Waals surface area (Å²) in [5.41, 5.74) is 1.85. The number of piperidine rings is 1. The van der Waals surface area contributed by atoms with Gasteiger partial charge in [-0.15, -0.1) is 0 Å². The van der Waals surface area contributed by atoms with Gasteiger partial charge in [-0.2, -0.15) is 0 Å². The molecule has 0 aliphatic carbocycles. The molecule has 1 heterocycles. The second-order valence-corrected chi connectivity index (χ2v) is 7.12. The van der Waals surface area contributed by atoms with Crippen molar-refractivity contribution < 1.29 is 9.69 Å². The zero-order chi connectivity index (χ0) is 15.6. The molecule has 2 N–H and O–H groups in total. The van der Waals surface area contributed by atoms with E-state index in [1.54, 1.807) is 0 Å². The van der Waals surface area contributed by atoms with Crippen LogP contribution in [0.1, 0.15) is 32.8 Å². The second-order valence-electron chi connectivity index (χ2n) is 6.68. The number of benzene rings is 1. The van der Waals surface area contributed by atoms with Gasteiger partial charge in [-0.3, -0.25) is 4.79 Å². The predicted molar refractivity (Wildman–Crippen MR) is 87.9 cm³/mol. The smallest absolute Gasteiger partial charge is 0.282 e. The molecular weight excluding hydrogens is 284 g/mol. The molecule has 1 saturated heterocycles. The molecule has 0 bridgehead atoms. The lowest BCUT2D eigenvalue weighted by atomic mass is 9.91. The van der Waals surface area contributed by atoms with Crippen LogP contribution >= 0.6 is 11.6 Å². The number of carbonyl (C=O) groups excluding carboxylic acids is 1. The molecule has 1 fully saturated rings. The number of carbonyl (C=O) groups is 1. The molecule has 1 aliphatic heterocycles. The number of hydrogen-bond donors (Lipinski definition) is 2. The number of hydrogen-bond acceptors (Lipinski definition) is 1. The van der Waals surface area contributed by atoms with Crippen molar-refractivity contribution in [3.8, 4) is 0 Å². The van der Waals surface area contributed by atoms with Gasteiger partial charge in [0, 0.05) is 22.5 Å². The summed E-state index contributed by atoms with van der Waals surface area (Å²) in [5.74, 6) is 1.45. The van der Waals surface area contributed by atoms with Gasteiger partial charge in [0.1, 0.15) is 0 Å². The predicted octanol–water partition coefficient (Wildman–Crippen LogP) is 2.54. The molecule has 3 atom stereocenters. The number of amides is 1. The Morgan fingerprint density at radius 2 is 1.95 bits per heavy atom. The van der Waals surface area contributed by atoms with Crippen molar-refractivity contribution in [2.24, 2.45) is 11.8 Å². The third-order valence-electron chi connectivity index (χ3n) is 4.49. The molecule has 0 saturated carbocycles. The van der Waals surface area contributed by atoms with E-state index < -0.39 is 0 Å². The molecule has 116 valence electrons. The summed E-state index contributed by atoms with van der Waals surface area (Å²) < 4.78 is 0. The Morgan fingerprint density at radius 3 is 2.57 bits per heavy atom. The van der Waals surface area contributed by atoms with Crippen molar-refractivity contribution in [3.63, 3.8) is 0 Å². The van der Waals surface area contributed by atoms with Crippen LogP contribution in [0.15, 0.2) is 18.2 Å². The van der Waals surface area contributed by atoms with E-state index in [1.807, 2.05) is 32.0 Å².